The number of hydrogen-bond donors (Lipinski definition) is 1. The summed E-state index contributed by atoms with van der Waals surface area (Å²) in [6.07, 6.45) is 0. The monoisotopic (exact) mass is 363 g/mol. The molecule has 0 aliphatic carbocycles. The van der Waals surface area contributed by atoms with E-state index in [0.29, 0.717) is 5.16 Å². The lowest BCUT2D eigenvalue weighted by atomic mass is 10.2. The fourth-order valence-corrected chi connectivity index (χ4v) is 3.14. The molecule has 1 aromatic heterocycles. The summed E-state index contributed by atoms with van der Waals surface area (Å²) in [5.41, 5.74) is -0.382. The normalized spacial score (nSPS) is 11.3. The maximum Gasteiger partial charge on any atom is 0.344 e. The zero-order chi connectivity index (χ0) is 14.9. The van der Waals surface area contributed by atoms with Gasteiger partial charge >= 0.3 is 5.69 Å². The largest absolute Gasteiger partial charge is 0.344 e. The number of aromatic nitrogens is 3. The van der Waals surface area contributed by atoms with Gasteiger partial charge in [-0.3, -0.25) is 4.57 Å². The van der Waals surface area contributed by atoms with Crippen molar-refractivity contribution in [1.82, 2.24) is 14.8 Å². The van der Waals surface area contributed by atoms with E-state index in [-0.39, 0.29) is 27.5 Å². The lowest BCUT2D eigenvalue weighted by molar-refractivity contribution is 0.533. The molecule has 8 heteroatoms. The van der Waals surface area contributed by atoms with Crippen LogP contribution in [0, 0.1) is 11.6 Å². The molecule has 20 heavy (non-hydrogen) atoms. The lowest BCUT2D eigenvalue weighted by Gasteiger charge is -2.09. The van der Waals surface area contributed by atoms with Gasteiger partial charge in [-0.2, -0.15) is 0 Å². The summed E-state index contributed by atoms with van der Waals surface area (Å²) in [5, 5.41) is 6.61. The zero-order valence-electron chi connectivity index (χ0n) is 10.8. The van der Waals surface area contributed by atoms with E-state index in [1.807, 2.05) is 13.8 Å². The minimum absolute atomic E-state index is 0.0462. The smallest absolute Gasteiger partial charge is 0.268 e. The second-order valence-electron chi connectivity index (χ2n) is 4.39. The summed E-state index contributed by atoms with van der Waals surface area (Å²) in [5.74, 6) is -1.20. The van der Waals surface area contributed by atoms with Crippen LogP contribution in [0.25, 0.3) is 0 Å². The predicted molar refractivity (Wildman–Crippen MR) is 76.9 cm³/mol. The SMILES string of the molecule is CC(C)n1c(SCc2c(F)ccc(Br)c2F)n[nH]c1=O. The first kappa shape index (κ1) is 15.2. The fourth-order valence-electron chi connectivity index (χ4n) is 1.69. The Bertz CT molecular complexity index is 684. The van der Waals surface area contributed by atoms with E-state index >= 15 is 0 Å². The second kappa shape index (κ2) is 6.09. The average molecular weight is 364 g/mol. The number of H-pyrrole nitrogens is 1. The van der Waals surface area contributed by atoms with E-state index < -0.39 is 11.6 Å². The second-order valence-corrected chi connectivity index (χ2v) is 6.18. The zero-order valence-corrected chi connectivity index (χ0v) is 13.2. The molecular formula is C12H12BrF2N3OS. The molecule has 0 radical (unpaired) electrons. The van der Waals surface area contributed by atoms with Crippen LogP contribution >= 0.6 is 27.7 Å². The van der Waals surface area contributed by atoms with Gasteiger partial charge in [0, 0.05) is 17.4 Å². The van der Waals surface area contributed by atoms with Crippen LogP contribution in [0.3, 0.4) is 0 Å². The summed E-state index contributed by atoms with van der Waals surface area (Å²) < 4.78 is 29.1. The van der Waals surface area contributed by atoms with Crippen molar-refractivity contribution in [3.8, 4) is 0 Å². The van der Waals surface area contributed by atoms with Crippen LogP contribution in [0.4, 0.5) is 8.78 Å². The number of benzene rings is 1. The van der Waals surface area contributed by atoms with Crippen LogP contribution in [0.1, 0.15) is 25.5 Å². The van der Waals surface area contributed by atoms with Gasteiger partial charge < -0.3 is 0 Å². The third kappa shape index (κ3) is 2.95. The molecule has 0 aliphatic heterocycles. The predicted octanol–water partition coefficient (Wildman–Crippen LogP) is 3.49. The molecule has 108 valence electrons. The standard InChI is InChI=1S/C12H12BrF2N3OS/c1-6(2)18-11(19)16-17-12(18)20-5-7-9(14)4-3-8(13)10(7)15/h3-4,6H,5H2,1-2H3,(H,16,19). The summed E-state index contributed by atoms with van der Waals surface area (Å²) in [7, 11) is 0. The van der Waals surface area contributed by atoms with Crippen LogP contribution < -0.4 is 5.69 Å². The molecule has 0 saturated carbocycles. The summed E-state index contributed by atoms with van der Waals surface area (Å²) in [6, 6.07) is 2.43. The third-order valence-electron chi connectivity index (χ3n) is 2.67. The minimum Gasteiger partial charge on any atom is -0.268 e. The molecule has 1 N–H and O–H groups in total. The van der Waals surface area contributed by atoms with Gasteiger partial charge in [-0.25, -0.2) is 18.7 Å². The van der Waals surface area contributed by atoms with Crippen LogP contribution in [0.5, 0.6) is 0 Å². The molecule has 0 fully saturated rings. The summed E-state index contributed by atoms with van der Waals surface area (Å²) in [4.78, 5) is 11.6. The molecule has 0 spiro atoms. The molecule has 0 saturated heterocycles. The van der Waals surface area contributed by atoms with Gasteiger partial charge in [0.1, 0.15) is 11.6 Å². The van der Waals surface area contributed by atoms with Crippen molar-refractivity contribution in [2.45, 2.75) is 30.8 Å². The molecule has 0 bridgehead atoms. The number of halogens is 3. The molecule has 0 amide bonds. The van der Waals surface area contributed by atoms with Crippen molar-refractivity contribution >= 4 is 27.7 Å². The van der Waals surface area contributed by atoms with E-state index in [9.17, 15) is 13.6 Å². The molecule has 2 aromatic rings. The first-order valence-electron chi connectivity index (χ1n) is 5.84. The van der Waals surface area contributed by atoms with Crippen molar-refractivity contribution in [1.29, 1.82) is 0 Å². The van der Waals surface area contributed by atoms with E-state index in [1.165, 1.54) is 16.7 Å². The van der Waals surface area contributed by atoms with Crippen molar-refractivity contribution in [2.24, 2.45) is 0 Å². The van der Waals surface area contributed by atoms with E-state index in [0.717, 1.165) is 11.8 Å². The van der Waals surface area contributed by atoms with Gasteiger partial charge in [0.2, 0.25) is 0 Å². The highest BCUT2D eigenvalue weighted by Crippen LogP contribution is 2.28. The Morgan fingerprint density at radius 3 is 2.80 bits per heavy atom. The quantitative estimate of drug-likeness (QED) is 0.668. The number of hydrogen-bond acceptors (Lipinski definition) is 3. The van der Waals surface area contributed by atoms with Crippen molar-refractivity contribution in [3.05, 3.63) is 44.3 Å². The maximum atomic E-state index is 13.8. The van der Waals surface area contributed by atoms with Crippen LogP contribution in [0.15, 0.2) is 26.6 Å². The van der Waals surface area contributed by atoms with Crippen LogP contribution in [-0.4, -0.2) is 14.8 Å². The van der Waals surface area contributed by atoms with Gasteiger partial charge in [0.05, 0.1) is 4.47 Å². The first-order chi connectivity index (χ1) is 9.41. The molecular weight excluding hydrogens is 352 g/mol. The highest BCUT2D eigenvalue weighted by atomic mass is 79.9. The maximum absolute atomic E-state index is 13.8. The topological polar surface area (TPSA) is 50.7 Å². The van der Waals surface area contributed by atoms with Crippen molar-refractivity contribution in [2.75, 3.05) is 0 Å². The first-order valence-corrected chi connectivity index (χ1v) is 7.61. The van der Waals surface area contributed by atoms with Gasteiger partial charge in [-0.05, 0) is 41.9 Å². The van der Waals surface area contributed by atoms with Crippen LogP contribution in [-0.2, 0) is 5.75 Å². The Morgan fingerprint density at radius 2 is 2.15 bits per heavy atom. The van der Waals surface area contributed by atoms with E-state index in [1.54, 1.807) is 0 Å². The van der Waals surface area contributed by atoms with E-state index in [2.05, 4.69) is 26.1 Å². The third-order valence-corrected chi connectivity index (χ3v) is 4.26. The van der Waals surface area contributed by atoms with Gasteiger partial charge in [-0.1, -0.05) is 11.8 Å². The average Bonchev–Trinajstić information content (AvgIpc) is 2.75. The number of rotatable bonds is 4. The molecule has 1 heterocycles. The van der Waals surface area contributed by atoms with Gasteiger partial charge in [0.15, 0.2) is 5.16 Å². The highest BCUT2D eigenvalue weighted by Gasteiger charge is 2.16. The van der Waals surface area contributed by atoms with Crippen LogP contribution in [0.2, 0.25) is 0 Å². The van der Waals surface area contributed by atoms with Crippen molar-refractivity contribution in [3.63, 3.8) is 0 Å². The molecule has 1 aromatic carbocycles. The number of nitrogens with zero attached hydrogens (tertiary/aromatic N) is 2. The molecule has 0 aliphatic rings. The minimum atomic E-state index is -0.633. The molecule has 4 nitrogen and oxygen atoms in total. The lowest BCUT2D eigenvalue weighted by Crippen LogP contribution is -2.19. The molecule has 2 rings (SSSR count). The van der Waals surface area contributed by atoms with Crippen molar-refractivity contribution < 1.29 is 8.78 Å². The molecule has 0 unspecified atom stereocenters. The highest BCUT2D eigenvalue weighted by molar-refractivity contribution is 9.10. The number of aromatic amines is 1. The Morgan fingerprint density at radius 1 is 1.45 bits per heavy atom. The summed E-state index contributed by atoms with van der Waals surface area (Å²) >= 11 is 4.13. The van der Waals surface area contributed by atoms with Gasteiger partial charge in [0.25, 0.3) is 0 Å². The molecule has 0 atom stereocenters. The van der Waals surface area contributed by atoms with E-state index in [4.69, 9.17) is 0 Å². The Kier molecular flexibility index (Phi) is 4.64. The Balaban J connectivity index is 2.26. The Labute approximate surface area is 126 Å². The number of nitrogens with one attached hydrogen (secondary N) is 1. The number of thioether (sulfide) groups is 1. The fraction of sp³-hybridized carbons (Fsp3) is 0.333. The van der Waals surface area contributed by atoms with Gasteiger partial charge in [-0.15, -0.1) is 5.10 Å². The Hall–Kier alpha value is -1.15. The summed E-state index contributed by atoms with van der Waals surface area (Å²) in [6.45, 7) is 3.67.